The molecule has 1 amide bonds. The number of halogens is 1. The second-order valence-corrected chi connectivity index (χ2v) is 11.1. The van der Waals surface area contributed by atoms with E-state index in [0.29, 0.717) is 45.3 Å². The van der Waals surface area contributed by atoms with Gasteiger partial charge in [-0.15, -0.1) is 0 Å². The topological polar surface area (TPSA) is 85.9 Å². The molecule has 1 aliphatic rings. The zero-order chi connectivity index (χ0) is 29.3. The van der Waals surface area contributed by atoms with E-state index in [0.717, 1.165) is 22.0 Å². The number of nitrogens with zero attached hydrogens (tertiary/aromatic N) is 4. The van der Waals surface area contributed by atoms with Gasteiger partial charge in [-0.05, 0) is 57.5 Å². The Labute approximate surface area is 246 Å². The number of hydrogen-bond donors (Lipinski definition) is 0. The van der Waals surface area contributed by atoms with Crippen molar-refractivity contribution in [2.75, 3.05) is 19.7 Å². The van der Waals surface area contributed by atoms with Crippen molar-refractivity contribution in [1.29, 1.82) is 0 Å². The van der Waals surface area contributed by atoms with Gasteiger partial charge in [-0.2, -0.15) is 0 Å². The van der Waals surface area contributed by atoms with E-state index in [2.05, 4.69) is 0 Å². The van der Waals surface area contributed by atoms with Gasteiger partial charge in [0, 0.05) is 40.8 Å². The third-order valence-corrected chi connectivity index (χ3v) is 8.43. The van der Waals surface area contributed by atoms with Crippen LogP contribution in [0.1, 0.15) is 44.9 Å². The number of para-hydroxylation sites is 1. The number of benzene rings is 2. The maximum atomic E-state index is 14.1. The highest BCUT2D eigenvalue weighted by atomic mass is 35.5. The minimum atomic E-state index is -0.649. The number of ether oxygens (including phenoxy) is 1. The Hall–Kier alpha value is -3.95. The van der Waals surface area contributed by atoms with Gasteiger partial charge in [0.2, 0.25) is 0 Å². The number of likely N-dealkylation sites (N-methyl/N-ethyl adjacent to an activating group) is 1. The van der Waals surface area contributed by atoms with E-state index in [1.165, 1.54) is 11.3 Å². The number of thiazole rings is 1. The Kier molecular flexibility index (Phi) is 8.28. The first kappa shape index (κ1) is 28.6. The molecule has 3 heterocycles. The molecule has 1 aliphatic heterocycles. The molecule has 0 saturated carbocycles. The van der Waals surface area contributed by atoms with Gasteiger partial charge in [-0.1, -0.05) is 53.3 Å². The molecule has 2 aromatic heterocycles. The summed E-state index contributed by atoms with van der Waals surface area (Å²) in [6, 6.07) is 14.3. The standard InChI is InChI=1S/C31H31ClN4O4S/c1-5-34(6-2)30(39)27-19(4)33-31-36(28(27)20-12-14-22(32)15-13-20)29(38)25(41-31)16-21-17-35(18-26(37)40-7-3)24-11-9-8-10-23(21)24/h8-17,28H,5-7,18H2,1-4H3/b25-16+/t28-/m1/s1. The molecular formula is C31H31ClN4O4S. The van der Waals surface area contributed by atoms with E-state index in [9.17, 15) is 14.4 Å². The van der Waals surface area contributed by atoms with Crippen LogP contribution in [0.3, 0.4) is 0 Å². The zero-order valence-electron chi connectivity index (χ0n) is 23.4. The zero-order valence-corrected chi connectivity index (χ0v) is 25.0. The molecule has 2 aromatic carbocycles. The summed E-state index contributed by atoms with van der Waals surface area (Å²) in [5.74, 6) is -0.476. The van der Waals surface area contributed by atoms with Crippen LogP contribution in [0.5, 0.6) is 0 Å². The van der Waals surface area contributed by atoms with Gasteiger partial charge >= 0.3 is 5.97 Å². The lowest BCUT2D eigenvalue weighted by molar-refractivity contribution is -0.143. The van der Waals surface area contributed by atoms with E-state index >= 15 is 0 Å². The predicted molar refractivity (Wildman–Crippen MR) is 162 cm³/mol. The summed E-state index contributed by atoms with van der Waals surface area (Å²) in [4.78, 5) is 47.1. The van der Waals surface area contributed by atoms with Gasteiger partial charge in [0.05, 0.1) is 28.5 Å². The number of aromatic nitrogens is 2. The van der Waals surface area contributed by atoms with Crippen LogP contribution in [0.4, 0.5) is 0 Å². The molecule has 1 atom stereocenters. The number of rotatable bonds is 8. The minimum absolute atomic E-state index is 0.0655. The van der Waals surface area contributed by atoms with Gasteiger partial charge < -0.3 is 14.2 Å². The van der Waals surface area contributed by atoms with E-state index in [1.807, 2.05) is 74.0 Å². The number of esters is 1. The SMILES string of the molecule is CCOC(=O)Cn1cc(/C=c2/sc3n(c2=O)[C@H](c2ccc(Cl)cc2)C(C(=O)N(CC)CC)=C(C)N=3)c2ccccc21. The Morgan fingerprint density at radius 2 is 1.80 bits per heavy atom. The molecule has 8 nitrogen and oxygen atoms in total. The lowest BCUT2D eigenvalue weighted by Crippen LogP contribution is -2.43. The third kappa shape index (κ3) is 5.39. The van der Waals surface area contributed by atoms with Crippen molar-refractivity contribution in [3.8, 4) is 0 Å². The normalized spacial score (nSPS) is 15.1. The third-order valence-electron chi connectivity index (χ3n) is 7.20. The van der Waals surface area contributed by atoms with E-state index in [-0.39, 0.29) is 24.0 Å². The Bertz CT molecular complexity index is 1850. The number of fused-ring (bicyclic) bond motifs is 2. The van der Waals surface area contributed by atoms with Gasteiger partial charge in [0.15, 0.2) is 4.80 Å². The van der Waals surface area contributed by atoms with Gasteiger partial charge in [0.25, 0.3) is 11.5 Å². The summed E-state index contributed by atoms with van der Waals surface area (Å²) >= 11 is 7.47. The minimum Gasteiger partial charge on any atom is -0.465 e. The van der Waals surface area contributed by atoms with Gasteiger partial charge in [0.1, 0.15) is 6.54 Å². The molecule has 0 fully saturated rings. The Morgan fingerprint density at radius 1 is 1.10 bits per heavy atom. The summed E-state index contributed by atoms with van der Waals surface area (Å²) < 4.78 is 9.07. The molecule has 0 unspecified atom stereocenters. The van der Waals surface area contributed by atoms with E-state index in [1.54, 1.807) is 28.5 Å². The number of hydrogen-bond acceptors (Lipinski definition) is 6. The van der Waals surface area contributed by atoms with Gasteiger partial charge in [-0.3, -0.25) is 19.0 Å². The second kappa shape index (κ2) is 11.9. The van der Waals surface area contributed by atoms with Crippen LogP contribution in [0, 0.1) is 0 Å². The van der Waals surface area contributed by atoms with Crippen LogP contribution in [0.15, 0.2) is 75.8 Å². The number of carbonyl (C=O) groups excluding carboxylic acids is 2. The fourth-order valence-corrected chi connectivity index (χ4v) is 6.41. The first-order valence-electron chi connectivity index (χ1n) is 13.6. The molecule has 0 radical (unpaired) electrons. The molecule has 212 valence electrons. The summed E-state index contributed by atoms with van der Waals surface area (Å²) in [7, 11) is 0. The van der Waals surface area contributed by atoms with E-state index < -0.39 is 6.04 Å². The van der Waals surface area contributed by atoms with E-state index in [4.69, 9.17) is 21.3 Å². The monoisotopic (exact) mass is 590 g/mol. The molecule has 4 aromatic rings. The second-order valence-electron chi connectivity index (χ2n) is 9.65. The summed E-state index contributed by atoms with van der Waals surface area (Å²) in [5.41, 5.74) is 3.25. The molecule has 5 rings (SSSR count). The molecule has 0 aliphatic carbocycles. The average Bonchev–Trinajstić information content (AvgIpc) is 3.45. The van der Waals surface area contributed by atoms with Crippen LogP contribution >= 0.6 is 22.9 Å². The largest absolute Gasteiger partial charge is 0.465 e. The van der Waals surface area contributed by atoms with Crippen LogP contribution in [0.25, 0.3) is 17.0 Å². The summed E-state index contributed by atoms with van der Waals surface area (Å²) in [6.07, 6.45) is 3.69. The fourth-order valence-electron chi connectivity index (χ4n) is 5.24. The highest BCUT2D eigenvalue weighted by Crippen LogP contribution is 2.32. The Morgan fingerprint density at radius 3 is 2.49 bits per heavy atom. The summed E-state index contributed by atoms with van der Waals surface area (Å²) in [5, 5.41) is 1.48. The van der Waals surface area contributed by atoms with Crippen LogP contribution in [0.2, 0.25) is 5.02 Å². The number of allylic oxidation sites excluding steroid dienone is 1. The maximum Gasteiger partial charge on any atom is 0.325 e. The maximum absolute atomic E-state index is 14.1. The van der Waals surface area contributed by atoms with Crippen LogP contribution in [-0.4, -0.2) is 45.6 Å². The van der Waals surface area contributed by atoms with Crippen molar-refractivity contribution in [2.24, 2.45) is 4.99 Å². The van der Waals surface area contributed by atoms with Crippen molar-refractivity contribution >= 4 is 51.8 Å². The number of amides is 1. The smallest absolute Gasteiger partial charge is 0.325 e. The molecule has 0 saturated heterocycles. The van der Waals surface area contributed by atoms with Crippen LogP contribution < -0.4 is 14.9 Å². The lowest BCUT2D eigenvalue weighted by Gasteiger charge is -2.29. The van der Waals surface area contributed by atoms with Crippen molar-refractivity contribution in [1.82, 2.24) is 14.0 Å². The van der Waals surface area contributed by atoms with Crippen molar-refractivity contribution < 1.29 is 14.3 Å². The number of carbonyl (C=O) groups is 2. The quantitative estimate of drug-likeness (QED) is 0.287. The highest BCUT2D eigenvalue weighted by Gasteiger charge is 2.34. The average molecular weight is 591 g/mol. The van der Waals surface area contributed by atoms with Crippen molar-refractivity contribution in [3.05, 3.63) is 102 Å². The van der Waals surface area contributed by atoms with Crippen molar-refractivity contribution in [3.63, 3.8) is 0 Å². The molecular weight excluding hydrogens is 560 g/mol. The van der Waals surface area contributed by atoms with Gasteiger partial charge in [-0.25, -0.2) is 4.99 Å². The molecule has 10 heteroatoms. The van der Waals surface area contributed by atoms with Crippen molar-refractivity contribution in [2.45, 2.75) is 40.3 Å². The first-order chi connectivity index (χ1) is 19.8. The predicted octanol–water partition coefficient (Wildman–Crippen LogP) is 4.27. The Balaban J connectivity index is 1.69. The highest BCUT2D eigenvalue weighted by molar-refractivity contribution is 7.07. The van der Waals surface area contributed by atoms with Crippen LogP contribution in [-0.2, 0) is 20.9 Å². The first-order valence-corrected chi connectivity index (χ1v) is 14.8. The lowest BCUT2D eigenvalue weighted by atomic mass is 9.94. The molecule has 0 spiro atoms. The summed E-state index contributed by atoms with van der Waals surface area (Å²) in [6.45, 7) is 8.91. The fraction of sp³-hybridized carbons (Fsp3) is 0.290. The molecule has 0 N–H and O–H groups in total. The molecule has 41 heavy (non-hydrogen) atoms. The molecule has 0 bridgehead atoms.